The highest BCUT2D eigenvalue weighted by Crippen LogP contribution is 2.33. The number of hydrogen-bond donors (Lipinski definition) is 0. The van der Waals surface area contributed by atoms with Crippen molar-refractivity contribution >= 4 is 26.9 Å². The first-order valence-electron chi connectivity index (χ1n) is 8.72. The molecule has 0 aliphatic carbocycles. The molecule has 134 valence electrons. The average Bonchev–Trinajstić information content (AvgIpc) is 2.70. The number of hydrogen-bond acceptors (Lipinski definition) is 3. The van der Waals surface area contributed by atoms with E-state index < -0.39 is 0 Å². The van der Waals surface area contributed by atoms with Gasteiger partial charge >= 0.3 is 0 Å². The highest BCUT2D eigenvalue weighted by Gasteiger charge is 2.18. The van der Waals surface area contributed by atoms with Gasteiger partial charge in [0.2, 0.25) is 5.43 Å². The quantitative estimate of drug-likeness (QED) is 0.389. The van der Waals surface area contributed by atoms with Crippen LogP contribution >= 0.6 is 15.9 Å². The monoisotopic (exact) mass is 420 g/mol. The van der Waals surface area contributed by atoms with E-state index in [1.165, 1.54) is 0 Å². The first-order chi connectivity index (χ1) is 13.2. The summed E-state index contributed by atoms with van der Waals surface area (Å²) in [5, 5.41) is 0.549. The third kappa shape index (κ3) is 3.40. The molecule has 4 heteroatoms. The molecule has 0 aliphatic heterocycles. The Morgan fingerprint density at radius 1 is 0.926 bits per heavy atom. The van der Waals surface area contributed by atoms with Crippen LogP contribution in [-0.4, -0.2) is 6.61 Å². The van der Waals surface area contributed by atoms with Crippen LogP contribution in [0.3, 0.4) is 0 Å². The van der Waals surface area contributed by atoms with E-state index in [4.69, 9.17) is 9.15 Å². The van der Waals surface area contributed by atoms with E-state index in [0.29, 0.717) is 28.9 Å². The Bertz CT molecular complexity index is 1150. The van der Waals surface area contributed by atoms with E-state index in [1.54, 1.807) is 6.07 Å². The molecule has 3 aromatic carbocycles. The van der Waals surface area contributed by atoms with Gasteiger partial charge in [-0.15, -0.1) is 0 Å². The average molecular weight is 421 g/mol. The summed E-state index contributed by atoms with van der Waals surface area (Å²) in [6.45, 7) is 2.54. The summed E-state index contributed by atoms with van der Waals surface area (Å²) in [5.41, 5.74) is 2.73. The molecule has 0 N–H and O–H groups in total. The maximum atomic E-state index is 13.4. The Balaban J connectivity index is 2.01. The van der Waals surface area contributed by atoms with Crippen LogP contribution in [0.2, 0.25) is 0 Å². The van der Waals surface area contributed by atoms with Gasteiger partial charge in [0.05, 0.1) is 17.6 Å². The lowest BCUT2D eigenvalue weighted by atomic mass is 9.98. The molecule has 1 aromatic heterocycles. The topological polar surface area (TPSA) is 39.4 Å². The van der Waals surface area contributed by atoms with E-state index in [2.05, 4.69) is 15.9 Å². The SMILES string of the molecule is CCOc1ccc(-c2c(-c3ccccc3)oc3ccc(Br)cc3c2=O)cc1. The lowest BCUT2D eigenvalue weighted by molar-refractivity contribution is 0.340. The fraction of sp³-hybridized carbons (Fsp3) is 0.0870. The number of fused-ring (bicyclic) bond motifs is 1. The minimum absolute atomic E-state index is 0.0550. The van der Waals surface area contributed by atoms with Crippen molar-refractivity contribution < 1.29 is 9.15 Å². The van der Waals surface area contributed by atoms with E-state index >= 15 is 0 Å². The zero-order valence-electron chi connectivity index (χ0n) is 14.7. The van der Waals surface area contributed by atoms with Crippen molar-refractivity contribution in [3.8, 4) is 28.2 Å². The van der Waals surface area contributed by atoms with Gasteiger partial charge in [-0.25, -0.2) is 0 Å². The van der Waals surface area contributed by atoms with Crippen molar-refractivity contribution in [2.75, 3.05) is 6.61 Å². The van der Waals surface area contributed by atoms with Crippen molar-refractivity contribution in [2.24, 2.45) is 0 Å². The van der Waals surface area contributed by atoms with Crippen LogP contribution in [0.25, 0.3) is 33.4 Å². The van der Waals surface area contributed by atoms with Crippen molar-refractivity contribution in [1.29, 1.82) is 0 Å². The highest BCUT2D eigenvalue weighted by atomic mass is 79.9. The van der Waals surface area contributed by atoms with Gasteiger partial charge in [-0.1, -0.05) is 58.4 Å². The molecular formula is C23H17BrO3. The molecule has 0 spiro atoms. The second-order valence-corrected chi connectivity index (χ2v) is 7.01. The maximum Gasteiger partial charge on any atom is 0.201 e. The minimum atomic E-state index is -0.0550. The van der Waals surface area contributed by atoms with Crippen LogP contribution < -0.4 is 10.2 Å². The van der Waals surface area contributed by atoms with Crippen molar-refractivity contribution in [3.63, 3.8) is 0 Å². The third-order valence-corrected chi connectivity index (χ3v) is 4.84. The summed E-state index contributed by atoms with van der Waals surface area (Å²) >= 11 is 3.44. The highest BCUT2D eigenvalue weighted by molar-refractivity contribution is 9.10. The Hall–Kier alpha value is -2.85. The predicted octanol–water partition coefficient (Wildman–Crippen LogP) is 6.29. The maximum absolute atomic E-state index is 13.4. The molecule has 1 heterocycles. The molecule has 0 bridgehead atoms. The first kappa shape index (κ1) is 17.6. The third-order valence-electron chi connectivity index (χ3n) is 4.34. The van der Waals surface area contributed by atoms with Gasteiger partial charge in [-0.05, 0) is 42.8 Å². The standard InChI is InChI=1S/C23H17BrO3/c1-2-26-18-11-8-15(9-12-18)21-22(25)19-14-17(24)10-13-20(19)27-23(21)16-6-4-3-5-7-16/h3-14H,2H2,1H3. The molecule has 0 amide bonds. The molecule has 4 rings (SSSR count). The van der Waals surface area contributed by atoms with Crippen LogP contribution in [0.4, 0.5) is 0 Å². The van der Waals surface area contributed by atoms with Gasteiger partial charge < -0.3 is 9.15 Å². The van der Waals surface area contributed by atoms with Crippen molar-refractivity contribution in [3.05, 3.63) is 87.5 Å². The number of ether oxygens (including phenoxy) is 1. The summed E-state index contributed by atoms with van der Waals surface area (Å²) in [7, 11) is 0. The molecule has 0 fully saturated rings. The Kier molecular flexibility index (Phi) is 4.82. The van der Waals surface area contributed by atoms with Crippen LogP contribution in [0.5, 0.6) is 5.75 Å². The molecular weight excluding hydrogens is 404 g/mol. The van der Waals surface area contributed by atoms with Crippen molar-refractivity contribution in [2.45, 2.75) is 6.92 Å². The van der Waals surface area contributed by atoms with Crippen LogP contribution in [0, 0.1) is 0 Å². The zero-order chi connectivity index (χ0) is 18.8. The molecule has 0 saturated heterocycles. The van der Waals surface area contributed by atoms with E-state index in [-0.39, 0.29) is 5.43 Å². The van der Waals surface area contributed by atoms with Crippen LogP contribution in [0.15, 0.2) is 86.5 Å². The molecule has 0 atom stereocenters. The van der Waals surface area contributed by atoms with Gasteiger partial charge in [0, 0.05) is 10.0 Å². The van der Waals surface area contributed by atoms with Crippen LogP contribution in [-0.2, 0) is 0 Å². The molecule has 0 radical (unpaired) electrons. The van der Waals surface area contributed by atoms with Crippen molar-refractivity contribution in [1.82, 2.24) is 0 Å². The fourth-order valence-corrected chi connectivity index (χ4v) is 3.47. The largest absolute Gasteiger partial charge is 0.494 e. The Morgan fingerprint density at radius 2 is 1.67 bits per heavy atom. The van der Waals surface area contributed by atoms with E-state index in [1.807, 2.05) is 73.7 Å². The second-order valence-electron chi connectivity index (χ2n) is 6.10. The molecule has 4 aromatic rings. The number of halogens is 1. The van der Waals surface area contributed by atoms with Gasteiger partial charge in [-0.2, -0.15) is 0 Å². The smallest absolute Gasteiger partial charge is 0.201 e. The predicted molar refractivity (Wildman–Crippen MR) is 112 cm³/mol. The zero-order valence-corrected chi connectivity index (χ0v) is 16.3. The molecule has 27 heavy (non-hydrogen) atoms. The lowest BCUT2D eigenvalue weighted by Gasteiger charge is -2.11. The Labute approximate surface area is 165 Å². The minimum Gasteiger partial charge on any atom is -0.494 e. The van der Waals surface area contributed by atoms with Gasteiger partial charge in [0.1, 0.15) is 17.1 Å². The van der Waals surface area contributed by atoms with Gasteiger partial charge in [0.15, 0.2) is 0 Å². The van der Waals surface area contributed by atoms with Gasteiger partial charge in [-0.3, -0.25) is 4.79 Å². The van der Waals surface area contributed by atoms with E-state index in [9.17, 15) is 4.79 Å². The lowest BCUT2D eigenvalue weighted by Crippen LogP contribution is -2.07. The number of benzene rings is 3. The molecule has 0 aliphatic rings. The summed E-state index contributed by atoms with van der Waals surface area (Å²) < 4.78 is 12.6. The first-order valence-corrected chi connectivity index (χ1v) is 9.51. The second kappa shape index (κ2) is 7.41. The van der Waals surface area contributed by atoms with E-state index in [0.717, 1.165) is 21.3 Å². The summed E-state index contributed by atoms with van der Waals surface area (Å²) in [6.07, 6.45) is 0. The summed E-state index contributed by atoms with van der Waals surface area (Å²) in [5.74, 6) is 1.34. The Morgan fingerprint density at radius 3 is 2.37 bits per heavy atom. The summed E-state index contributed by atoms with van der Waals surface area (Å²) in [6, 6.07) is 22.7. The fourth-order valence-electron chi connectivity index (χ4n) is 3.11. The number of rotatable bonds is 4. The molecule has 3 nitrogen and oxygen atoms in total. The van der Waals surface area contributed by atoms with Crippen LogP contribution in [0.1, 0.15) is 6.92 Å². The molecule has 0 saturated carbocycles. The molecule has 0 unspecified atom stereocenters. The summed E-state index contributed by atoms with van der Waals surface area (Å²) in [4.78, 5) is 13.4. The normalized spacial score (nSPS) is 10.9. The van der Waals surface area contributed by atoms with Gasteiger partial charge in [0.25, 0.3) is 0 Å².